The van der Waals surface area contributed by atoms with Crippen LogP contribution < -0.4 is 0 Å². The van der Waals surface area contributed by atoms with Crippen molar-refractivity contribution in [3.05, 3.63) is 53.1 Å². The number of benzene rings is 1. The molecule has 2 heteroatoms. The molecule has 0 aliphatic heterocycles. The molecule has 0 saturated heterocycles. The molecule has 1 aromatic carbocycles. The van der Waals surface area contributed by atoms with Gasteiger partial charge in [-0.25, -0.2) is 4.79 Å². The molecular weight excluding hydrogens is 200 g/mol. The molecule has 0 fully saturated rings. The smallest absolute Gasteiger partial charge is 0.337 e. The van der Waals surface area contributed by atoms with E-state index < -0.39 is 0 Å². The van der Waals surface area contributed by atoms with Crippen molar-refractivity contribution < 1.29 is 9.53 Å². The van der Waals surface area contributed by atoms with E-state index in [1.807, 2.05) is 25.1 Å². The monoisotopic (exact) mass is 216 g/mol. The summed E-state index contributed by atoms with van der Waals surface area (Å²) in [4.78, 5) is 11.3. The fourth-order valence-corrected chi connectivity index (χ4v) is 1.35. The summed E-state index contributed by atoms with van der Waals surface area (Å²) in [6.45, 7) is 7.69. The van der Waals surface area contributed by atoms with Gasteiger partial charge in [-0.2, -0.15) is 0 Å². The lowest BCUT2D eigenvalue weighted by Gasteiger charge is -2.03. The molecule has 0 bridgehead atoms. The van der Waals surface area contributed by atoms with Crippen molar-refractivity contribution in [1.29, 1.82) is 0 Å². The highest BCUT2D eigenvalue weighted by molar-refractivity contribution is 5.96. The number of carbonyl (C=O) groups is 1. The maximum atomic E-state index is 11.3. The van der Waals surface area contributed by atoms with Crippen LogP contribution in [0.25, 0.3) is 6.08 Å². The van der Waals surface area contributed by atoms with E-state index in [4.69, 9.17) is 0 Å². The Bertz CT molecular complexity index is 442. The van der Waals surface area contributed by atoms with Gasteiger partial charge >= 0.3 is 5.97 Å². The first-order valence-electron chi connectivity index (χ1n) is 5.08. The lowest BCUT2D eigenvalue weighted by molar-refractivity contribution is -0.135. The summed E-state index contributed by atoms with van der Waals surface area (Å²) in [5, 5.41) is 0. The first-order chi connectivity index (χ1) is 7.58. The molecule has 2 nitrogen and oxygen atoms in total. The number of hydrogen-bond donors (Lipinski definition) is 0. The highest BCUT2D eigenvalue weighted by Crippen LogP contribution is 2.14. The van der Waals surface area contributed by atoms with Crippen molar-refractivity contribution in [3.8, 4) is 0 Å². The van der Waals surface area contributed by atoms with Crippen molar-refractivity contribution in [2.45, 2.75) is 13.8 Å². The van der Waals surface area contributed by atoms with E-state index in [0.717, 1.165) is 5.56 Å². The summed E-state index contributed by atoms with van der Waals surface area (Å²) in [7, 11) is 1.36. The van der Waals surface area contributed by atoms with Crippen molar-refractivity contribution in [2.24, 2.45) is 0 Å². The predicted octanol–water partition coefficient (Wildman–Crippen LogP) is 3.05. The van der Waals surface area contributed by atoms with Gasteiger partial charge in [0.25, 0.3) is 0 Å². The molecule has 0 spiro atoms. The van der Waals surface area contributed by atoms with Gasteiger partial charge in [0, 0.05) is 0 Å². The van der Waals surface area contributed by atoms with Crippen LogP contribution in [0.3, 0.4) is 0 Å². The zero-order chi connectivity index (χ0) is 12.1. The van der Waals surface area contributed by atoms with E-state index in [2.05, 4.69) is 18.2 Å². The van der Waals surface area contributed by atoms with Crippen molar-refractivity contribution >= 4 is 12.0 Å². The second kappa shape index (κ2) is 5.31. The molecule has 16 heavy (non-hydrogen) atoms. The molecule has 0 aliphatic carbocycles. The molecule has 0 aliphatic rings. The van der Waals surface area contributed by atoms with Crippen LogP contribution in [-0.4, -0.2) is 13.1 Å². The third kappa shape index (κ3) is 2.83. The SMILES string of the molecule is C=C/C(=C/c1ccc(C)c(C)c1)C(=O)OC. The van der Waals surface area contributed by atoms with Gasteiger partial charge in [0.05, 0.1) is 12.7 Å². The molecular formula is C14H16O2. The Kier molecular flexibility index (Phi) is 4.06. The Morgan fingerprint density at radius 3 is 2.50 bits per heavy atom. The molecule has 0 unspecified atom stereocenters. The number of esters is 1. The van der Waals surface area contributed by atoms with Gasteiger partial charge in [0.2, 0.25) is 0 Å². The average molecular weight is 216 g/mol. The van der Waals surface area contributed by atoms with Crippen LogP contribution in [0.2, 0.25) is 0 Å². The van der Waals surface area contributed by atoms with E-state index in [1.54, 1.807) is 6.08 Å². The predicted molar refractivity (Wildman–Crippen MR) is 66.1 cm³/mol. The second-order valence-electron chi connectivity index (χ2n) is 3.64. The summed E-state index contributed by atoms with van der Waals surface area (Å²) < 4.78 is 4.65. The van der Waals surface area contributed by atoms with E-state index in [-0.39, 0.29) is 5.97 Å². The molecule has 0 heterocycles. The maximum Gasteiger partial charge on any atom is 0.337 e. The molecule has 0 N–H and O–H groups in total. The number of rotatable bonds is 3. The van der Waals surface area contributed by atoms with Crippen molar-refractivity contribution in [2.75, 3.05) is 7.11 Å². The number of aryl methyl sites for hydroxylation is 2. The number of hydrogen-bond acceptors (Lipinski definition) is 2. The van der Waals surface area contributed by atoms with Gasteiger partial charge in [0.1, 0.15) is 0 Å². The van der Waals surface area contributed by atoms with E-state index >= 15 is 0 Å². The molecule has 0 radical (unpaired) electrons. The molecule has 1 aromatic rings. The molecule has 0 amide bonds. The van der Waals surface area contributed by atoms with E-state index in [9.17, 15) is 4.79 Å². The first-order valence-corrected chi connectivity index (χ1v) is 5.08. The van der Waals surface area contributed by atoms with Gasteiger partial charge < -0.3 is 4.74 Å². The largest absolute Gasteiger partial charge is 0.465 e. The molecule has 0 saturated carbocycles. The van der Waals surface area contributed by atoms with Crippen molar-refractivity contribution in [1.82, 2.24) is 0 Å². The fraction of sp³-hybridized carbons (Fsp3) is 0.214. The van der Waals surface area contributed by atoms with Gasteiger partial charge in [-0.3, -0.25) is 0 Å². The Labute approximate surface area is 96.2 Å². The molecule has 0 atom stereocenters. The maximum absolute atomic E-state index is 11.3. The van der Waals surface area contributed by atoms with Crippen LogP contribution in [0.5, 0.6) is 0 Å². The zero-order valence-electron chi connectivity index (χ0n) is 9.91. The first kappa shape index (κ1) is 12.2. The van der Waals surface area contributed by atoms with Gasteiger partial charge in [-0.15, -0.1) is 0 Å². The summed E-state index contributed by atoms with van der Waals surface area (Å²) in [6.07, 6.45) is 3.27. The Hall–Kier alpha value is -1.83. The lowest BCUT2D eigenvalue weighted by Crippen LogP contribution is -2.02. The van der Waals surface area contributed by atoms with Crippen LogP contribution in [0, 0.1) is 13.8 Å². The third-order valence-corrected chi connectivity index (χ3v) is 2.49. The normalized spacial score (nSPS) is 11.1. The quantitative estimate of drug-likeness (QED) is 0.441. The highest BCUT2D eigenvalue weighted by atomic mass is 16.5. The van der Waals surface area contributed by atoms with E-state index in [0.29, 0.717) is 5.57 Å². The molecule has 84 valence electrons. The second-order valence-corrected chi connectivity index (χ2v) is 3.64. The summed E-state index contributed by atoms with van der Waals surface area (Å²) in [6, 6.07) is 6.02. The van der Waals surface area contributed by atoms with Crippen LogP contribution in [-0.2, 0) is 9.53 Å². The Morgan fingerprint density at radius 1 is 1.31 bits per heavy atom. The minimum Gasteiger partial charge on any atom is -0.465 e. The Morgan fingerprint density at radius 2 is 2.00 bits per heavy atom. The van der Waals surface area contributed by atoms with Crippen LogP contribution in [0.15, 0.2) is 36.4 Å². The van der Waals surface area contributed by atoms with Gasteiger partial charge in [-0.1, -0.05) is 30.9 Å². The summed E-state index contributed by atoms with van der Waals surface area (Å²) >= 11 is 0. The lowest BCUT2D eigenvalue weighted by atomic mass is 10.0. The minimum atomic E-state index is -0.367. The minimum absolute atomic E-state index is 0.367. The average Bonchev–Trinajstić information content (AvgIpc) is 2.29. The number of carbonyl (C=O) groups excluding carboxylic acids is 1. The number of ether oxygens (including phenoxy) is 1. The highest BCUT2D eigenvalue weighted by Gasteiger charge is 2.05. The Balaban J connectivity index is 3.09. The molecule has 0 aromatic heterocycles. The fourth-order valence-electron chi connectivity index (χ4n) is 1.35. The topological polar surface area (TPSA) is 26.3 Å². The van der Waals surface area contributed by atoms with Crippen LogP contribution in [0.1, 0.15) is 16.7 Å². The molecule has 1 rings (SSSR count). The van der Waals surface area contributed by atoms with Crippen LogP contribution in [0.4, 0.5) is 0 Å². The van der Waals surface area contributed by atoms with Crippen molar-refractivity contribution in [3.63, 3.8) is 0 Å². The third-order valence-electron chi connectivity index (χ3n) is 2.49. The summed E-state index contributed by atoms with van der Waals surface area (Å²) in [5.41, 5.74) is 3.87. The summed E-state index contributed by atoms with van der Waals surface area (Å²) in [5.74, 6) is -0.367. The van der Waals surface area contributed by atoms with Gasteiger partial charge in [0.15, 0.2) is 0 Å². The number of methoxy groups -OCH3 is 1. The standard InChI is InChI=1S/C14H16O2/c1-5-13(14(15)16-4)9-12-7-6-10(2)11(3)8-12/h5-9H,1H2,2-4H3/b13-9-. The zero-order valence-corrected chi connectivity index (χ0v) is 9.91. The van der Waals surface area contributed by atoms with Gasteiger partial charge in [-0.05, 0) is 36.6 Å². The van der Waals surface area contributed by atoms with E-state index in [1.165, 1.54) is 24.3 Å². The van der Waals surface area contributed by atoms with Crippen LogP contribution >= 0.6 is 0 Å².